The molecule has 0 saturated carbocycles. The van der Waals surface area contributed by atoms with Crippen LogP contribution in [0.15, 0.2) is 42.5 Å². The molecule has 0 aliphatic rings. The van der Waals surface area contributed by atoms with E-state index in [1.165, 1.54) is 6.07 Å². The number of nitrogens with zero attached hydrogens (tertiary/aromatic N) is 1. The fourth-order valence-electron chi connectivity index (χ4n) is 1.74. The van der Waals surface area contributed by atoms with Gasteiger partial charge in [0.2, 0.25) is 0 Å². The number of rotatable bonds is 5. The van der Waals surface area contributed by atoms with Crippen molar-refractivity contribution >= 4 is 40.7 Å². The van der Waals surface area contributed by atoms with Crippen molar-refractivity contribution in [3.8, 4) is 5.75 Å². The van der Waals surface area contributed by atoms with E-state index in [2.05, 4.69) is 10.9 Å². The van der Waals surface area contributed by atoms with Crippen LogP contribution < -0.4 is 15.6 Å². The van der Waals surface area contributed by atoms with E-state index in [-0.39, 0.29) is 16.3 Å². The van der Waals surface area contributed by atoms with Crippen LogP contribution in [-0.2, 0) is 4.79 Å². The van der Waals surface area contributed by atoms with Crippen molar-refractivity contribution in [1.82, 2.24) is 10.9 Å². The molecule has 0 aliphatic heterocycles. The SMILES string of the molecule is O=C(COc1ccccc1Cl)NNC(=O)c1cc([N+](=O)[O-])ccc1Cl. The molecular formula is C15H11Cl2N3O5. The number of nitro groups is 1. The van der Waals surface area contributed by atoms with Crippen LogP contribution in [0.5, 0.6) is 5.75 Å². The van der Waals surface area contributed by atoms with E-state index in [4.69, 9.17) is 27.9 Å². The number of benzene rings is 2. The number of nitro benzene ring substituents is 1. The molecule has 0 fully saturated rings. The minimum absolute atomic E-state index is 0.00432. The first-order valence-electron chi connectivity index (χ1n) is 6.79. The highest BCUT2D eigenvalue weighted by Crippen LogP contribution is 2.23. The third kappa shape index (κ3) is 5.07. The van der Waals surface area contributed by atoms with E-state index in [0.29, 0.717) is 10.8 Å². The van der Waals surface area contributed by atoms with Crippen LogP contribution in [0, 0.1) is 10.1 Å². The van der Waals surface area contributed by atoms with Gasteiger partial charge < -0.3 is 4.74 Å². The fraction of sp³-hybridized carbons (Fsp3) is 0.0667. The summed E-state index contributed by atoms with van der Waals surface area (Å²) in [6.07, 6.45) is 0. The first kappa shape index (κ1) is 18.5. The minimum Gasteiger partial charge on any atom is -0.482 e. The number of carbonyl (C=O) groups excluding carboxylic acids is 2. The summed E-state index contributed by atoms with van der Waals surface area (Å²) in [4.78, 5) is 33.7. The summed E-state index contributed by atoms with van der Waals surface area (Å²) < 4.78 is 5.20. The van der Waals surface area contributed by atoms with Gasteiger partial charge in [0.15, 0.2) is 6.61 Å². The number of halogens is 2. The largest absolute Gasteiger partial charge is 0.482 e. The van der Waals surface area contributed by atoms with Crippen molar-refractivity contribution in [3.63, 3.8) is 0 Å². The van der Waals surface area contributed by atoms with E-state index >= 15 is 0 Å². The molecule has 0 heterocycles. The van der Waals surface area contributed by atoms with Crippen LogP contribution >= 0.6 is 23.2 Å². The van der Waals surface area contributed by atoms with E-state index < -0.39 is 23.3 Å². The second-order valence-electron chi connectivity index (χ2n) is 4.64. The first-order chi connectivity index (χ1) is 11.9. The Morgan fingerprint density at radius 2 is 1.80 bits per heavy atom. The molecule has 2 N–H and O–H groups in total. The summed E-state index contributed by atoms with van der Waals surface area (Å²) in [6.45, 7) is -0.396. The van der Waals surface area contributed by atoms with Gasteiger partial charge in [-0.25, -0.2) is 0 Å². The summed E-state index contributed by atoms with van der Waals surface area (Å²) in [7, 11) is 0. The lowest BCUT2D eigenvalue weighted by molar-refractivity contribution is -0.384. The van der Waals surface area contributed by atoms with Crippen molar-refractivity contribution < 1.29 is 19.2 Å². The molecule has 2 aromatic carbocycles. The molecule has 0 bridgehead atoms. The molecule has 0 aromatic heterocycles. The van der Waals surface area contributed by atoms with Crippen LogP contribution in [0.1, 0.15) is 10.4 Å². The first-order valence-corrected chi connectivity index (χ1v) is 7.54. The maximum Gasteiger partial charge on any atom is 0.276 e. The molecule has 130 valence electrons. The summed E-state index contributed by atoms with van der Waals surface area (Å²) in [5.41, 5.74) is 3.76. The van der Waals surface area contributed by atoms with E-state index in [9.17, 15) is 19.7 Å². The Morgan fingerprint density at radius 1 is 1.08 bits per heavy atom. The standard InChI is InChI=1S/C15H11Cl2N3O5/c16-11-6-5-9(20(23)24)7-10(11)15(22)19-18-14(21)8-25-13-4-2-1-3-12(13)17/h1-7H,8H2,(H,18,21)(H,19,22). The molecule has 0 spiro atoms. The summed E-state index contributed by atoms with van der Waals surface area (Å²) in [5.74, 6) is -1.15. The zero-order valence-electron chi connectivity index (χ0n) is 12.5. The van der Waals surface area contributed by atoms with Gasteiger partial charge in [-0.2, -0.15) is 0 Å². The molecule has 0 saturated heterocycles. The lowest BCUT2D eigenvalue weighted by Gasteiger charge is -2.10. The predicted octanol–water partition coefficient (Wildman–Crippen LogP) is 2.74. The van der Waals surface area contributed by atoms with Crippen molar-refractivity contribution in [2.45, 2.75) is 0 Å². The number of para-hydroxylation sites is 1. The highest BCUT2D eigenvalue weighted by atomic mass is 35.5. The van der Waals surface area contributed by atoms with Crippen LogP contribution in [0.2, 0.25) is 10.0 Å². The molecule has 8 nitrogen and oxygen atoms in total. The van der Waals surface area contributed by atoms with Gasteiger partial charge in [-0.3, -0.25) is 30.6 Å². The van der Waals surface area contributed by atoms with Gasteiger partial charge in [0.1, 0.15) is 5.75 Å². The van der Waals surface area contributed by atoms with Gasteiger partial charge in [-0.15, -0.1) is 0 Å². The lowest BCUT2D eigenvalue weighted by Crippen LogP contribution is -2.43. The number of non-ortho nitro benzene ring substituents is 1. The second-order valence-corrected chi connectivity index (χ2v) is 5.46. The molecule has 2 rings (SSSR count). The van der Waals surface area contributed by atoms with Gasteiger partial charge in [0.25, 0.3) is 17.5 Å². The second kappa shape index (κ2) is 8.32. The maximum absolute atomic E-state index is 12.0. The van der Waals surface area contributed by atoms with Crippen molar-refractivity contribution in [2.75, 3.05) is 6.61 Å². The zero-order chi connectivity index (χ0) is 18.4. The minimum atomic E-state index is -0.806. The molecule has 25 heavy (non-hydrogen) atoms. The number of nitrogens with one attached hydrogen (secondary N) is 2. The molecule has 10 heteroatoms. The molecule has 0 unspecified atom stereocenters. The Bertz CT molecular complexity index is 829. The Balaban J connectivity index is 1.91. The Morgan fingerprint density at radius 3 is 2.48 bits per heavy atom. The predicted molar refractivity (Wildman–Crippen MR) is 90.7 cm³/mol. The highest BCUT2D eigenvalue weighted by Gasteiger charge is 2.16. The number of carbonyl (C=O) groups is 2. The quantitative estimate of drug-likeness (QED) is 0.608. The van der Waals surface area contributed by atoms with Crippen molar-refractivity contribution in [3.05, 3.63) is 68.2 Å². The van der Waals surface area contributed by atoms with Gasteiger partial charge in [-0.1, -0.05) is 35.3 Å². The van der Waals surface area contributed by atoms with E-state index in [1.807, 2.05) is 0 Å². The molecule has 0 radical (unpaired) electrons. The van der Waals surface area contributed by atoms with E-state index in [1.54, 1.807) is 24.3 Å². The Labute approximate surface area is 151 Å². The van der Waals surface area contributed by atoms with Crippen molar-refractivity contribution in [2.24, 2.45) is 0 Å². The molecule has 0 atom stereocenters. The Kier molecular flexibility index (Phi) is 6.15. The number of hydrogen-bond donors (Lipinski definition) is 2. The van der Waals surface area contributed by atoms with Gasteiger partial charge in [-0.05, 0) is 18.2 Å². The third-order valence-corrected chi connectivity index (χ3v) is 3.56. The van der Waals surface area contributed by atoms with Crippen LogP contribution in [0.25, 0.3) is 0 Å². The average Bonchev–Trinajstić information content (AvgIpc) is 2.59. The molecule has 2 amide bonds. The number of hydrogen-bond acceptors (Lipinski definition) is 5. The van der Waals surface area contributed by atoms with Crippen LogP contribution in [-0.4, -0.2) is 23.3 Å². The van der Waals surface area contributed by atoms with Crippen molar-refractivity contribution in [1.29, 1.82) is 0 Å². The number of hydrazine groups is 1. The molecular weight excluding hydrogens is 373 g/mol. The smallest absolute Gasteiger partial charge is 0.276 e. The molecule has 2 aromatic rings. The van der Waals surface area contributed by atoms with Crippen LogP contribution in [0.4, 0.5) is 5.69 Å². The normalized spacial score (nSPS) is 10.0. The average molecular weight is 384 g/mol. The third-order valence-electron chi connectivity index (χ3n) is 2.92. The monoisotopic (exact) mass is 383 g/mol. The topological polar surface area (TPSA) is 111 Å². The van der Waals surface area contributed by atoms with E-state index in [0.717, 1.165) is 12.1 Å². The Hall–Kier alpha value is -2.84. The number of ether oxygens (including phenoxy) is 1. The lowest BCUT2D eigenvalue weighted by atomic mass is 10.2. The van der Waals surface area contributed by atoms with Gasteiger partial charge in [0, 0.05) is 12.1 Å². The summed E-state index contributed by atoms with van der Waals surface area (Å²) in [5, 5.41) is 11.1. The summed E-state index contributed by atoms with van der Waals surface area (Å²) >= 11 is 11.7. The maximum atomic E-state index is 12.0. The molecule has 0 aliphatic carbocycles. The van der Waals surface area contributed by atoms with Crippen LogP contribution in [0.3, 0.4) is 0 Å². The number of amides is 2. The summed E-state index contributed by atoms with van der Waals surface area (Å²) in [6, 6.07) is 9.96. The van der Waals surface area contributed by atoms with Gasteiger partial charge in [0.05, 0.1) is 20.5 Å². The van der Waals surface area contributed by atoms with Gasteiger partial charge >= 0.3 is 0 Å². The zero-order valence-corrected chi connectivity index (χ0v) is 14.0. The highest BCUT2D eigenvalue weighted by molar-refractivity contribution is 6.34. The fourth-order valence-corrected chi connectivity index (χ4v) is 2.13.